The fraction of sp³-hybridized carbons (Fsp3) is 0.421. The Morgan fingerprint density at radius 2 is 1.91 bits per heavy atom. The Morgan fingerprint density at radius 1 is 1.23 bits per heavy atom. The number of rotatable bonds is 5. The molecule has 0 aliphatic heterocycles. The van der Waals surface area contributed by atoms with Crippen LogP contribution in [-0.2, 0) is 4.79 Å². The third-order valence-electron chi connectivity index (χ3n) is 4.65. The molecule has 22 heavy (non-hydrogen) atoms. The van der Waals surface area contributed by atoms with Gasteiger partial charge in [0.1, 0.15) is 0 Å². The molecule has 2 unspecified atom stereocenters. The molecule has 0 heterocycles. The molecule has 3 rings (SSSR count). The molecule has 3 heteroatoms. The zero-order chi connectivity index (χ0) is 15.7. The van der Waals surface area contributed by atoms with E-state index in [1.165, 1.54) is 5.39 Å². The fourth-order valence-corrected chi connectivity index (χ4v) is 2.95. The van der Waals surface area contributed by atoms with Crippen LogP contribution in [0.15, 0.2) is 42.5 Å². The van der Waals surface area contributed by atoms with Gasteiger partial charge in [-0.2, -0.15) is 0 Å². The number of likely N-dealkylation sites (N-methyl/N-ethyl adjacent to an activating group) is 1. The lowest BCUT2D eigenvalue weighted by Gasteiger charge is -2.24. The van der Waals surface area contributed by atoms with Gasteiger partial charge in [0.25, 0.3) is 0 Å². The van der Waals surface area contributed by atoms with E-state index in [-0.39, 0.29) is 17.9 Å². The van der Waals surface area contributed by atoms with Crippen molar-refractivity contribution in [3.8, 4) is 0 Å². The molecule has 1 saturated carbocycles. The van der Waals surface area contributed by atoms with Gasteiger partial charge >= 0.3 is 0 Å². The largest absolute Gasteiger partial charge is 0.391 e. The van der Waals surface area contributed by atoms with E-state index in [2.05, 4.69) is 24.3 Å². The quantitative estimate of drug-likeness (QED) is 0.921. The van der Waals surface area contributed by atoms with Crippen molar-refractivity contribution in [3.63, 3.8) is 0 Å². The monoisotopic (exact) mass is 297 g/mol. The maximum Gasteiger partial charge on any atom is 0.229 e. The first kappa shape index (κ1) is 15.0. The predicted molar refractivity (Wildman–Crippen MR) is 88.7 cm³/mol. The molecule has 1 amide bonds. The smallest absolute Gasteiger partial charge is 0.229 e. The van der Waals surface area contributed by atoms with Gasteiger partial charge in [-0.15, -0.1) is 0 Å². The molecule has 1 N–H and O–H groups in total. The minimum atomic E-state index is -0.377. The van der Waals surface area contributed by atoms with Gasteiger partial charge in [0.15, 0.2) is 0 Å². The molecule has 0 bridgehead atoms. The van der Waals surface area contributed by atoms with E-state index in [1.54, 1.807) is 11.9 Å². The number of fused-ring (bicyclic) bond motifs is 1. The molecule has 1 aliphatic rings. The first-order chi connectivity index (χ1) is 10.6. The number of aliphatic hydroxyl groups excluding tert-OH is 1. The Balaban J connectivity index is 1.72. The van der Waals surface area contributed by atoms with E-state index in [0.29, 0.717) is 12.5 Å². The Labute approximate surface area is 131 Å². The molecule has 116 valence electrons. The Bertz CT molecular complexity index is 678. The van der Waals surface area contributed by atoms with Gasteiger partial charge in [0.2, 0.25) is 5.91 Å². The second-order valence-electron chi connectivity index (χ2n) is 6.45. The maximum atomic E-state index is 12.6. The molecule has 0 spiro atoms. The van der Waals surface area contributed by atoms with Crippen molar-refractivity contribution in [2.24, 2.45) is 5.92 Å². The zero-order valence-corrected chi connectivity index (χ0v) is 13.2. The number of hydrogen-bond donors (Lipinski definition) is 1. The third kappa shape index (κ3) is 3.14. The number of hydrogen-bond acceptors (Lipinski definition) is 2. The summed E-state index contributed by atoms with van der Waals surface area (Å²) in [6, 6.07) is 14.3. The van der Waals surface area contributed by atoms with Gasteiger partial charge in [-0.1, -0.05) is 42.5 Å². The number of benzene rings is 2. The summed E-state index contributed by atoms with van der Waals surface area (Å²) in [7, 11) is 1.78. The average Bonchev–Trinajstić information content (AvgIpc) is 3.37. The van der Waals surface area contributed by atoms with E-state index >= 15 is 0 Å². The summed E-state index contributed by atoms with van der Waals surface area (Å²) in [6.45, 7) is 2.37. The normalized spacial score (nSPS) is 17.2. The van der Waals surface area contributed by atoms with Crippen molar-refractivity contribution in [1.29, 1.82) is 0 Å². The Kier molecular flexibility index (Phi) is 4.16. The number of carbonyl (C=O) groups is 1. The predicted octanol–water partition coefficient (Wildman–Crippen LogP) is 3.17. The van der Waals surface area contributed by atoms with Crippen LogP contribution in [-0.4, -0.2) is 35.6 Å². The number of nitrogens with zero attached hydrogens (tertiary/aromatic N) is 1. The lowest BCUT2D eigenvalue weighted by atomic mass is 9.96. The molecule has 0 saturated heterocycles. The molecule has 1 fully saturated rings. The molecule has 2 atom stereocenters. The molecular weight excluding hydrogens is 274 g/mol. The van der Waals surface area contributed by atoms with Crippen LogP contribution >= 0.6 is 0 Å². The highest BCUT2D eigenvalue weighted by molar-refractivity contribution is 5.87. The fourth-order valence-electron chi connectivity index (χ4n) is 2.95. The van der Waals surface area contributed by atoms with Crippen LogP contribution in [0, 0.1) is 5.92 Å². The van der Waals surface area contributed by atoms with Crippen LogP contribution in [0.5, 0.6) is 0 Å². The molecule has 3 nitrogen and oxygen atoms in total. The topological polar surface area (TPSA) is 40.5 Å². The Hall–Kier alpha value is -1.87. The average molecular weight is 297 g/mol. The van der Waals surface area contributed by atoms with Gasteiger partial charge in [-0.25, -0.2) is 0 Å². The molecule has 0 aromatic heterocycles. The lowest BCUT2D eigenvalue weighted by Crippen LogP contribution is -2.37. The van der Waals surface area contributed by atoms with Crippen LogP contribution in [0.2, 0.25) is 0 Å². The summed E-state index contributed by atoms with van der Waals surface area (Å²) in [6.07, 6.45) is 1.80. The van der Waals surface area contributed by atoms with Gasteiger partial charge < -0.3 is 10.0 Å². The van der Waals surface area contributed by atoms with Crippen LogP contribution in [0.1, 0.15) is 31.2 Å². The second kappa shape index (κ2) is 6.09. The van der Waals surface area contributed by atoms with Crippen molar-refractivity contribution in [1.82, 2.24) is 4.90 Å². The van der Waals surface area contributed by atoms with Crippen LogP contribution in [0.4, 0.5) is 0 Å². The van der Waals surface area contributed by atoms with Gasteiger partial charge in [-0.3, -0.25) is 4.79 Å². The standard InChI is InChI=1S/C19H23NO2/c1-13(19(22)20(2)12-18(21)15-8-9-15)16-10-7-14-5-3-4-6-17(14)11-16/h3-7,10-11,13,15,18,21H,8-9,12H2,1-2H3. The first-order valence-corrected chi connectivity index (χ1v) is 7.98. The molecular formula is C19H23NO2. The first-order valence-electron chi connectivity index (χ1n) is 7.98. The van der Waals surface area contributed by atoms with Crippen molar-refractivity contribution in [3.05, 3.63) is 48.0 Å². The van der Waals surface area contributed by atoms with Crippen molar-refractivity contribution in [2.45, 2.75) is 31.8 Å². The SMILES string of the molecule is CC(C(=O)N(C)CC(O)C1CC1)c1ccc2ccccc2c1. The third-order valence-corrected chi connectivity index (χ3v) is 4.65. The Morgan fingerprint density at radius 3 is 2.59 bits per heavy atom. The van der Waals surface area contributed by atoms with Crippen molar-refractivity contribution < 1.29 is 9.90 Å². The summed E-state index contributed by atoms with van der Waals surface area (Å²) in [5.41, 5.74) is 1.02. The second-order valence-corrected chi connectivity index (χ2v) is 6.45. The summed E-state index contributed by atoms with van der Waals surface area (Å²) < 4.78 is 0. The highest BCUT2D eigenvalue weighted by Gasteiger charge is 2.32. The summed E-state index contributed by atoms with van der Waals surface area (Å²) in [4.78, 5) is 14.2. The van der Waals surface area contributed by atoms with E-state index in [0.717, 1.165) is 23.8 Å². The minimum Gasteiger partial charge on any atom is -0.391 e. The summed E-state index contributed by atoms with van der Waals surface area (Å²) in [5.74, 6) is 0.266. The van der Waals surface area contributed by atoms with Crippen molar-refractivity contribution in [2.75, 3.05) is 13.6 Å². The highest BCUT2D eigenvalue weighted by Crippen LogP contribution is 2.33. The molecule has 2 aromatic rings. The minimum absolute atomic E-state index is 0.0648. The maximum absolute atomic E-state index is 12.6. The number of aliphatic hydroxyl groups is 1. The summed E-state index contributed by atoms with van der Waals surface area (Å²) in [5, 5.41) is 12.3. The molecule has 0 radical (unpaired) electrons. The van der Waals surface area contributed by atoms with Gasteiger partial charge in [0, 0.05) is 13.6 Å². The summed E-state index contributed by atoms with van der Waals surface area (Å²) >= 11 is 0. The number of amides is 1. The van der Waals surface area contributed by atoms with Gasteiger partial charge in [-0.05, 0) is 42.0 Å². The van der Waals surface area contributed by atoms with Crippen LogP contribution in [0.25, 0.3) is 10.8 Å². The van der Waals surface area contributed by atoms with E-state index in [4.69, 9.17) is 0 Å². The van der Waals surface area contributed by atoms with E-state index < -0.39 is 0 Å². The van der Waals surface area contributed by atoms with Crippen LogP contribution in [0.3, 0.4) is 0 Å². The number of carbonyl (C=O) groups excluding carboxylic acids is 1. The zero-order valence-electron chi connectivity index (χ0n) is 13.2. The lowest BCUT2D eigenvalue weighted by molar-refractivity contribution is -0.132. The van der Waals surface area contributed by atoms with E-state index in [9.17, 15) is 9.90 Å². The van der Waals surface area contributed by atoms with Gasteiger partial charge in [0.05, 0.1) is 12.0 Å². The molecule has 2 aromatic carbocycles. The highest BCUT2D eigenvalue weighted by atomic mass is 16.3. The van der Waals surface area contributed by atoms with E-state index in [1.807, 2.05) is 25.1 Å². The van der Waals surface area contributed by atoms with Crippen molar-refractivity contribution >= 4 is 16.7 Å². The molecule has 1 aliphatic carbocycles. The van der Waals surface area contributed by atoms with Crippen LogP contribution < -0.4 is 0 Å².